The van der Waals surface area contributed by atoms with Crippen molar-refractivity contribution in [2.75, 3.05) is 26.2 Å². The minimum atomic E-state index is -3.64. The van der Waals surface area contributed by atoms with E-state index in [1.807, 2.05) is 0 Å². The molecule has 3 heterocycles. The van der Waals surface area contributed by atoms with Crippen LogP contribution in [-0.2, 0) is 14.8 Å². The number of rotatable bonds is 4. The molecule has 1 aromatic rings. The molecule has 0 aliphatic carbocycles. The van der Waals surface area contributed by atoms with Crippen LogP contribution >= 0.6 is 0 Å². The third kappa shape index (κ3) is 3.43. The monoisotopic (exact) mass is 370 g/mol. The zero-order valence-corrected chi connectivity index (χ0v) is 14.9. The number of hydrogen-bond acceptors (Lipinski definition) is 5. The fraction of sp³-hybridized carbons (Fsp3) is 0.625. The molecule has 0 bridgehead atoms. The molecule has 1 N–H and O–H groups in total. The van der Waals surface area contributed by atoms with Crippen LogP contribution in [0.15, 0.2) is 15.4 Å². The number of sulfonamides is 1. The summed E-state index contributed by atoms with van der Waals surface area (Å²) in [5.74, 6) is -1.48. The van der Waals surface area contributed by atoms with Crippen LogP contribution in [0.25, 0.3) is 0 Å². The lowest BCUT2D eigenvalue weighted by Gasteiger charge is -2.29. The van der Waals surface area contributed by atoms with E-state index >= 15 is 0 Å². The van der Waals surface area contributed by atoms with E-state index in [4.69, 9.17) is 9.52 Å². The molecule has 1 amide bonds. The molecule has 2 aliphatic heterocycles. The lowest BCUT2D eigenvalue weighted by Crippen LogP contribution is -2.40. The smallest absolute Gasteiger partial charge is 0.306 e. The van der Waals surface area contributed by atoms with Gasteiger partial charge in [-0.05, 0) is 32.6 Å². The van der Waals surface area contributed by atoms with Crippen LogP contribution < -0.4 is 0 Å². The van der Waals surface area contributed by atoms with Gasteiger partial charge >= 0.3 is 5.97 Å². The van der Waals surface area contributed by atoms with Crippen molar-refractivity contribution in [2.24, 2.45) is 5.92 Å². The normalized spacial score (nSPS) is 20.1. The summed E-state index contributed by atoms with van der Waals surface area (Å²) in [6.45, 7) is 3.15. The molecule has 0 unspecified atom stereocenters. The van der Waals surface area contributed by atoms with Crippen LogP contribution in [-0.4, -0.2) is 60.8 Å². The van der Waals surface area contributed by atoms with E-state index in [0.717, 1.165) is 12.8 Å². The summed E-state index contributed by atoms with van der Waals surface area (Å²) in [6.07, 6.45) is 2.44. The molecule has 2 aliphatic rings. The number of amides is 1. The fourth-order valence-electron chi connectivity index (χ4n) is 3.38. The Labute approximate surface area is 146 Å². The van der Waals surface area contributed by atoms with Crippen molar-refractivity contribution >= 4 is 21.9 Å². The maximum atomic E-state index is 12.7. The van der Waals surface area contributed by atoms with Gasteiger partial charge in [0.2, 0.25) is 10.0 Å². The van der Waals surface area contributed by atoms with E-state index in [2.05, 4.69) is 0 Å². The van der Waals surface area contributed by atoms with Crippen LogP contribution in [0, 0.1) is 12.8 Å². The summed E-state index contributed by atoms with van der Waals surface area (Å²) in [5.41, 5.74) is 0. The summed E-state index contributed by atoms with van der Waals surface area (Å²) in [7, 11) is -3.64. The highest BCUT2D eigenvalue weighted by atomic mass is 32.2. The van der Waals surface area contributed by atoms with Crippen LogP contribution in [0.2, 0.25) is 0 Å². The Morgan fingerprint density at radius 3 is 2.32 bits per heavy atom. The van der Waals surface area contributed by atoms with Crippen LogP contribution in [0.1, 0.15) is 42.0 Å². The molecular weight excluding hydrogens is 348 g/mol. The van der Waals surface area contributed by atoms with Gasteiger partial charge in [0.15, 0.2) is 5.76 Å². The van der Waals surface area contributed by atoms with Crippen LogP contribution in [0.5, 0.6) is 0 Å². The molecule has 0 aromatic carbocycles. The molecule has 0 spiro atoms. The summed E-state index contributed by atoms with van der Waals surface area (Å²) < 4.78 is 32.2. The first-order valence-corrected chi connectivity index (χ1v) is 9.87. The molecule has 2 saturated heterocycles. The van der Waals surface area contributed by atoms with Gasteiger partial charge in [-0.3, -0.25) is 9.59 Å². The number of likely N-dealkylation sites (tertiary alicyclic amines) is 1. The number of carboxylic acids is 1. The molecular formula is C16H22N2O6S. The second kappa shape index (κ2) is 6.80. The van der Waals surface area contributed by atoms with Gasteiger partial charge in [-0.1, -0.05) is 0 Å². The standard InChI is InChI=1S/C16H22N2O6S/c1-11-14(25(22,23)18-6-2-3-7-18)10-13(24-11)15(19)17-8-4-12(5-9-17)16(20)21/h10,12H,2-9H2,1H3,(H,20,21). The zero-order chi connectivity index (χ0) is 18.2. The molecule has 1 aromatic heterocycles. The summed E-state index contributed by atoms with van der Waals surface area (Å²) >= 11 is 0. The fourth-order valence-corrected chi connectivity index (χ4v) is 5.06. The second-order valence-electron chi connectivity index (χ2n) is 6.55. The Bertz CT molecular complexity index is 771. The van der Waals surface area contributed by atoms with Crippen molar-refractivity contribution in [3.63, 3.8) is 0 Å². The number of aliphatic carboxylic acids is 1. The van der Waals surface area contributed by atoms with Gasteiger partial charge in [-0.15, -0.1) is 0 Å². The maximum absolute atomic E-state index is 12.7. The summed E-state index contributed by atoms with van der Waals surface area (Å²) in [5, 5.41) is 9.02. The highest BCUT2D eigenvalue weighted by Gasteiger charge is 2.34. The van der Waals surface area contributed by atoms with Crippen molar-refractivity contribution in [3.8, 4) is 0 Å². The Balaban J connectivity index is 1.76. The van der Waals surface area contributed by atoms with E-state index in [-0.39, 0.29) is 16.4 Å². The van der Waals surface area contributed by atoms with Gasteiger partial charge in [-0.2, -0.15) is 4.31 Å². The largest absolute Gasteiger partial charge is 0.481 e. The first kappa shape index (κ1) is 17.9. The minimum absolute atomic E-state index is 0.0101. The third-order valence-corrected chi connectivity index (χ3v) is 6.90. The van der Waals surface area contributed by atoms with E-state index in [1.54, 1.807) is 0 Å². The average Bonchev–Trinajstić information content (AvgIpc) is 3.24. The van der Waals surface area contributed by atoms with Crippen LogP contribution in [0.3, 0.4) is 0 Å². The van der Waals surface area contributed by atoms with E-state index in [9.17, 15) is 18.0 Å². The highest BCUT2D eigenvalue weighted by Crippen LogP contribution is 2.28. The van der Waals surface area contributed by atoms with Crippen molar-refractivity contribution < 1.29 is 27.5 Å². The SMILES string of the molecule is Cc1oc(C(=O)N2CCC(C(=O)O)CC2)cc1S(=O)(=O)N1CCCC1. The van der Waals surface area contributed by atoms with Gasteiger partial charge in [-0.25, -0.2) is 8.42 Å². The Morgan fingerprint density at radius 2 is 1.76 bits per heavy atom. The van der Waals surface area contributed by atoms with Gasteiger partial charge in [0.25, 0.3) is 5.91 Å². The first-order chi connectivity index (χ1) is 11.8. The minimum Gasteiger partial charge on any atom is -0.481 e. The molecule has 0 saturated carbocycles. The average molecular weight is 370 g/mol. The second-order valence-corrected chi connectivity index (χ2v) is 8.45. The number of carbonyl (C=O) groups is 2. The predicted octanol–water partition coefficient (Wildman–Crippen LogP) is 1.31. The molecule has 0 radical (unpaired) electrons. The molecule has 8 nitrogen and oxygen atoms in total. The maximum Gasteiger partial charge on any atom is 0.306 e. The number of carboxylic acid groups (broad SMARTS) is 1. The third-order valence-electron chi connectivity index (χ3n) is 4.90. The summed E-state index contributed by atoms with van der Waals surface area (Å²) in [6, 6.07) is 1.30. The number of furan rings is 1. The Kier molecular flexibility index (Phi) is 4.88. The van der Waals surface area contributed by atoms with Crippen molar-refractivity contribution in [1.29, 1.82) is 0 Å². The lowest BCUT2D eigenvalue weighted by molar-refractivity contribution is -0.143. The van der Waals surface area contributed by atoms with Crippen molar-refractivity contribution in [3.05, 3.63) is 17.6 Å². The van der Waals surface area contributed by atoms with Gasteiger partial charge < -0.3 is 14.4 Å². The molecule has 25 heavy (non-hydrogen) atoms. The molecule has 9 heteroatoms. The quantitative estimate of drug-likeness (QED) is 0.856. The van der Waals surface area contributed by atoms with Gasteiger partial charge in [0.1, 0.15) is 10.7 Å². The highest BCUT2D eigenvalue weighted by molar-refractivity contribution is 7.89. The lowest BCUT2D eigenvalue weighted by atomic mass is 9.97. The Hall–Kier alpha value is -1.87. The molecule has 0 atom stereocenters. The number of aryl methyl sites for hydroxylation is 1. The molecule has 2 fully saturated rings. The van der Waals surface area contributed by atoms with E-state index in [1.165, 1.54) is 22.2 Å². The first-order valence-electron chi connectivity index (χ1n) is 8.43. The van der Waals surface area contributed by atoms with Crippen LogP contribution in [0.4, 0.5) is 0 Å². The zero-order valence-electron chi connectivity index (χ0n) is 14.1. The number of nitrogens with zero attached hydrogens (tertiary/aromatic N) is 2. The number of hydrogen-bond donors (Lipinski definition) is 1. The number of piperidine rings is 1. The van der Waals surface area contributed by atoms with Crippen molar-refractivity contribution in [1.82, 2.24) is 9.21 Å². The van der Waals surface area contributed by atoms with E-state index < -0.39 is 27.8 Å². The van der Waals surface area contributed by atoms with Crippen molar-refractivity contribution in [2.45, 2.75) is 37.5 Å². The Morgan fingerprint density at radius 1 is 1.16 bits per heavy atom. The van der Waals surface area contributed by atoms with E-state index in [0.29, 0.717) is 39.0 Å². The molecule has 3 rings (SSSR count). The topological polar surface area (TPSA) is 108 Å². The predicted molar refractivity (Wildman–Crippen MR) is 87.7 cm³/mol. The summed E-state index contributed by atoms with van der Waals surface area (Å²) in [4.78, 5) is 25.1. The van der Waals surface area contributed by atoms with Gasteiger partial charge in [0, 0.05) is 32.2 Å². The number of carbonyl (C=O) groups excluding carboxylic acids is 1. The van der Waals surface area contributed by atoms with Gasteiger partial charge in [0.05, 0.1) is 5.92 Å². The molecule has 138 valence electrons.